The van der Waals surface area contributed by atoms with Crippen LogP contribution in [-0.2, 0) is 6.42 Å². The molecule has 1 unspecified atom stereocenters. The number of nitrogens with two attached hydrogens (primary N) is 1. The largest absolute Gasteiger partial charge is 0.399 e. The molecule has 0 radical (unpaired) electrons. The van der Waals surface area contributed by atoms with Crippen LogP contribution in [0.2, 0.25) is 0 Å². The first-order chi connectivity index (χ1) is 9.70. The van der Waals surface area contributed by atoms with Crippen molar-refractivity contribution in [1.82, 2.24) is 9.80 Å². The molecule has 0 spiro atoms. The maximum Gasteiger partial charge on any atom is 0.0395 e. The van der Waals surface area contributed by atoms with Crippen LogP contribution in [-0.4, -0.2) is 55.6 Å². The Morgan fingerprint density at radius 1 is 1.25 bits per heavy atom. The van der Waals surface area contributed by atoms with Crippen molar-refractivity contribution >= 4 is 11.4 Å². The molecule has 1 atom stereocenters. The summed E-state index contributed by atoms with van der Waals surface area (Å²) in [4.78, 5) is 5.00. The summed E-state index contributed by atoms with van der Waals surface area (Å²) in [6.45, 7) is 6.05. The Hall–Kier alpha value is -1.26. The average molecular weight is 274 g/mol. The van der Waals surface area contributed by atoms with E-state index in [0.717, 1.165) is 5.69 Å². The molecule has 110 valence electrons. The Labute approximate surface area is 121 Å². The zero-order valence-electron chi connectivity index (χ0n) is 12.4. The van der Waals surface area contributed by atoms with Crippen LogP contribution in [0.5, 0.6) is 0 Å². The summed E-state index contributed by atoms with van der Waals surface area (Å²) in [7, 11) is 2.21. The molecule has 0 aromatic heterocycles. The maximum absolute atomic E-state index is 5.88. The summed E-state index contributed by atoms with van der Waals surface area (Å²) in [5.41, 5.74) is 9.40. The monoisotopic (exact) mass is 274 g/mol. The van der Waals surface area contributed by atoms with Crippen molar-refractivity contribution in [3.8, 4) is 0 Å². The van der Waals surface area contributed by atoms with Crippen LogP contribution in [0.1, 0.15) is 18.4 Å². The van der Waals surface area contributed by atoms with E-state index >= 15 is 0 Å². The van der Waals surface area contributed by atoms with Gasteiger partial charge in [-0.1, -0.05) is 6.07 Å². The number of fused-ring (bicyclic) bond motifs is 1. The molecule has 0 amide bonds. The van der Waals surface area contributed by atoms with Gasteiger partial charge in [0.1, 0.15) is 0 Å². The van der Waals surface area contributed by atoms with Gasteiger partial charge in [-0.2, -0.15) is 0 Å². The lowest BCUT2D eigenvalue weighted by Crippen LogP contribution is -2.45. The van der Waals surface area contributed by atoms with Crippen LogP contribution < -0.4 is 11.1 Å². The second-order valence-electron chi connectivity index (χ2n) is 6.23. The molecule has 1 aromatic carbocycles. The van der Waals surface area contributed by atoms with Crippen LogP contribution >= 0.6 is 0 Å². The summed E-state index contributed by atoms with van der Waals surface area (Å²) in [6.07, 6.45) is 3.65. The van der Waals surface area contributed by atoms with Crippen LogP contribution in [0.15, 0.2) is 18.2 Å². The minimum atomic E-state index is 0.601. The summed E-state index contributed by atoms with van der Waals surface area (Å²) >= 11 is 0. The molecule has 2 heterocycles. The van der Waals surface area contributed by atoms with Crippen LogP contribution in [0.25, 0.3) is 0 Å². The number of nitrogen functional groups attached to an aromatic ring is 1. The number of nitrogens with zero attached hydrogens (tertiary/aromatic N) is 2. The number of piperazine rings is 1. The number of benzene rings is 1. The van der Waals surface area contributed by atoms with Gasteiger partial charge in [-0.3, -0.25) is 0 Å². The quantitative estimate of drug-likeness (QED) is 0.822. The molecule has 2 aliphatic rings. The Kier molecular flexibility index (Phi) is 4.13. The van der Waals surface area contributed by atoms with Gasteiger partial charge in [0.2, 0.25) is 0 Å². The Morgan fingerprint density at radius 2 is 2.05 bits per heavy atom. The fourth-order valence-corrected chi connectivity index (χ4v) is 3.19. The van der Waals surface area contributed by atoms with Gasteiger partial charge in [-0.05, 0) is 44.0 Å². The highest BCUT2D eigenvalue weighted by Gasteiger charge is 2.20. The molecule has 4 nitrogen and oxygen atoms in total. The molecule has 0 saturated carbocycles. The number of rotatable bonds is 3. The maximum atomic E-state index is 5.88. The van der Waals surface area contributed by atoms with E-state index in [2.05, 4.69) is 34.3 Å². The van der Waals surface area contributed by atoms with Crippen molar-refractivity contribution in [2.45, 2.75) is 25.3 Å². The van der Waals surface area contributed by atoms with E-state index in [0.29, 0.717) is 6.04 Å². The van der Waals surface area contributed by atoms with Crippen molar-refractivity contribution in [2.24, 2.45) is 0 Å². The molecule has 20 heavy (non-hydrogen) atoms. The number of likely N-dealkylation sites (N-methyl/N-ethyl adjacent to an activating group) is 1. The Bertz CT molecular complexity index is 452. The van der Waals surface area contributed by atoms with Crippen molar-refractivity contribution in [3.05, 3.63) is 23.8 Å². The molecule has 2 aliphatic heterocycles. The third kappa shape index (κ3) is 3.25. The molecule has 1 saturated heterocycles. The lowest BCUT2D eigenvalue weighted by molar-refractivity contribution is 0.150. The second-order valence-corrected chi connectivity index (χ2v) is 6.23. The lowest BCUT2D eigenvalue weighted by atomic mass is 9.96. The number of anilines is 2. The fourth-order valence-electron chi connectivity index (χ4n) is 3.19. The first-order valence-electron chi connectivity index (χ1n) is 7.76. The number of nitrogens with one attached hydrogen (secondary N) is 1. The van der Waals surface area contributed by atoms with Gasteiger partial charge in [0.15, 0.2) is 0 Å². The second kappa shape index (κ2) is 6.02. The predicted molar refractivity (Wildman–Crippen MR) is 85.1 cm³/mol. The highest BCUT2D eigenvalue weighted by molar-refractivity contribution is 5.61. The molecular weight excluding hydrogens is 248 g/mol. The lowest BCUT2D eigenvalue weighted by Gasteiger charge is -2.34. The third-order valence-corrected chi connectivity index (χ3v) is 4.65. The number of aryl methyl sites for hydroxylation is 1. The Morgan fingerprint density at radius 3 is 2.85 bits per heavy atom. The fraction of sp³-hybridized carbons (Fsp3) is 0.625. The molecule has 1 fully saturated rings. The van der Waals surface area contributed by atoms with E-state index in [1.807, 2.05) is 6.07 Å². The van der Waals surface area contributed by atoms with Gasteiger partial charge >= 0.3 is 0 Å². The summed E-state index contributed by atoms with van der Waals surface area (Å²) < 4.78 is 0. The SMILES string of the molecule is CN1CCN(CCC2CCc3ccc(N)cc3N2)CC1. The average Bonchev–Trinajstić information content (AvgIpc) is 2.46. The molecule has 0 bridgehead atoms. The van der Waals surface area contributed by atoms with E-state index in [1.165, 1.54) is 63.2 Å². The predicted octanol–water partition coefficient (Wildman–Crippen LogP) is 1.63. The zero-order valence-corrected chi connectivity index (χ0v) is 12.4. The highest BCUT2D eigenvalue weighted by Crippen LogP contribution is 2.27. The van der Waals surface area contributed by atoms with Crippen LogP contribution in [0.3, 0.4) is 0 Å². The minimum Gasteiger partial charge on any atom is -0.399 e. The topological polar surface area (TPSA) is 44.5 Å². The Balaban J connectivity index is 1.50. The van der Waals surface area contributed by atoms with Gasteiger partial charge in [-0.25, -0.2) is 0 Å². The highest BCUT2D eigenvalue weighted by atomic mass is 15.2. The van der Waals surface area contributed by atoms with Gasteiger partial charge in [-0.15, -0.1) is 0 Å². The minimum absolute atomic E-state index is 0.601. The summed E-state index contributed by atoms with van der Waals surface area (Å²) in [5, 5.41) is 3.67. The molecule has 0 aliphatic carbocycles. The van der Waals surface area contributed by atoms with E-state index < -0.39 is 0 Å². The van der Waals surface area contributed by atoms with Crippen molar-refractivity contribution in [1.29, 1.82) is 0 Å². The van der Waals surface area contributed by atoms with Crippen LogP contribution in [0, 0.1) is 0 Å². The molecule has 3 rings (SSSR count). The van der Waals surface area contributed by atoms with Crippen molar-refractivity contribution in [2.75, 3.05) is 50.8 Å². The summed E-state index contributed by atoms with van der Waals surface area (Å²) in [6, 6.07) is 6.85. The van der Waals surface area contributed by atoms with E-state index in [9.17, 15) is 0 Å². The van der Waals surface area contributed by atoms with Crippen molar-refractivity contribution < 1.29 is 0 Å². The third-order valence-electron chi connectivity index (χ3n) is 4.65. The first-order valence-corrected chi connectivity index (χ1v) is 7.76. The summed E-state index contributed by atoms with van der Waals surface area (Å²) in [5.74, 6) is 0. The standard InChI is InChI=1S/C16H26N4/c1-19-8-10-20(11-9-19)7-6-15-5-3-13-2-4-14(17)12-16(13)18-15/h2,4,12,15,18H,3,5-11,17H2,1H3. The van der Waals surface area contributed by atoms with E-state index in [4.69, 9.17) is 5.73 Å². The normalized spacial score (nSPS) is 24.1. The zero-order chi connectivity index (χ0) is 13.9. The molecule has 4 heteroatoms. The van der Waals surface area contributed by atoms with E-state index in [-0.39, 0.29) is 0 Å². The number of hydrogen-bond donors (Lipinski definition) is 2. The van der Waals surface area contributed by atoms with Crippen LogP contribution in [0.4, 0.5) is 11.4 Å². The van der Waals surface area contributed by atoms with Gasteiger partial charge in [0.25, 0.3) is 0 Å². The van der Waals surface area contributed by atoms with Gasteiger partial charge < -0.3 is 20.9 Å². The van der Waals surface area contributed by atoms with E-state index in [1.54, 1.807) is 0 Å². The molecule has 3 N–H and O–H groups in total. The first kappa shape index (κ1) is 13.7. The molecule has 1 aromatic rings. The number of hydrogen-bond acceptors (Lipinski definition) is 4. The van der Waals surface area contributed by atoms with Gasteiger partial charge in [0.05, 0.1) is 0 Å². The smallest absolute Gasteiger partial charge is 0.0395 e. The molecular formula is C16H26N4. The van der Waals surface area contributed by atoms with Gasteiger partial charge in [0, 0.05) is 50.1 Å². The van der Waals surface area contributed by atoms with Crippen molar-refractivity contribution in [3.63, 3.8) is 0 Å².